The summed E-state index contributed by atoms with van der Waals surface area (Å²) in [5.74, 6) is 0. The van der Waals surface area contributed by atoms with Crippen LogP contribution in [-0.4, -0.2) is 43.8 Å². The molecule has 1 N–H and O–H groups in total. The van der Waals surface area contributed by atoms with Crippen molar-refractivity contribution in [3.63, 3.8) is 0 Å². The van der Waals surface area contributed by atoms with Crippen LogP contribution in [0.15, 0.2) is 30.3 Å². The van der Waals surface area contributed by atoms with Gasteiger partial charge in [0.2, 0.25) is 0 Å². The smallest absolute Gasteiger partial charge is 0.407 e. The fourth-order valence-corrected chi connectivity index (χ4v) is 2.98. The van der Waals surface area contributed by atoms with Crippen molar-refractivity contribution >= 4 is 6.09 Å². The molecule has 1 aliphatic rings. The maximum absolute atomic E-state index is 11.6. The standard InChI is InChI=1S/C19H30N2O2/c22-19(23-17-9-16-21-14-7-2-8-15-21)20-13-6-5-12-18-10-3-1-4-11-18/h1,3-4,10-11H,2,5-9,12-17H2,(H,20,22). The van der Waals surface area contributed by atoms with E-state index in [4.69, 9.17) is 4.74 Å². The first-order valence-electron chi connectivity index (χ1n) is 9.01. The van der Waals surface area contributed by atoms with Gasteiger partial charge in [0, 0.05) is 13.1 Å². The van der Waals surface area contributed by atoms with Gasteiger partial charge in [0.15, 0.2) is 0 Å². The Labute approximate surface area is 140 Å². The summed E-state index contributed by atoms with van der Waals surface area (Å²) in [6.45, 7) is 4.66. The number of nitrogens with one attached hydrogen (secondary N) is 1. The number of carbonyl (C=O) groups excluding carboxylic acids is 1. The first-order valence-corrected chi connectivity index (χ1v) is 9.01. The summed E-state index contributed by atoms with van der Waals surface area (Å²) in [6.07, 6.45) is 7.77. The number of hydrogen-bond donors (Lipinski definition) is 1. The maximum atomic E-state index is 11.6. The average Bonchev–Trinajstić information content (AvgIpc) is 2.60. The minimum atomic E-state index is -0.275. The molecular formula is C19H30N2O2. The van der Waals surface area contributed by atoms with Gasteiger partial charge in [-0.25, -0.2) is 4.79 Å². The lowest BCUT2D eigenvalue weighted by Gasteiger charge is -2.26. The number of alkyl carbamates (subject to hydrolysis) is 1. The second kappa shape index (κ2) is 11.1. The summed E-state index contributed by atoms with van der Waals surface area (Å²) in [5, 5.41) is 2.83. The predicted molar refractivity (Wildman–Crippen MR) is 93.6 cm³/mol. The topological polar surface area (TPSA) is 41.6 Å². The third kappa shape index (κ3) is 8.03. The third-order valence-corrected chi connectivity index (χ3v) is 4.30. The highest BCUT2D eigenvalue weighted by atomic mass is 16.5. The molecule has 0 spiro atoms. The van der Waals surface area contributed by atoms with Crippen molar-refractivity contribution in [2.45, 2.75) is 44.9 Å². The van der Waals surface area contributed by atoms with Crippen LogP contribution in [0.5, 0.6) is 0 Å². The molecule has 1 amide bonds. The molecule has 0 bridgehead atoms. The zero-order chi connectivity index (χ0) is 16.2. The van der Waals surface area contributed by atoms with Gasteiger partial charge in [-0.3, -0.25) is 0 Å². The molecule has 0 atom stereocenters. The van der Waals surface area contributed by atoms with E-state index in [1.165, 1.54) is 37.9 Å². The van der Waals surface area contributed by atoms with Crippen molar-refractivity contribution in [1.82, 2.24) is 10.2 Å². The van der Waals surface area contributed by atoms with Gasteiger partial charge in [0.05, 0.1) is 6.61 Å². The van der Waals surface area contributed by atoms with Crippen LogP contribution < -0.4 is 5.32 Å². The number of rotatable bonds is 9. The molecule has 128 valence electrons. The van der Waals surface area contributed by atoms with Crippen molar-refractivity contribution < 1.29 is 9.53 Å². The van der Waals surface area contributed by atoms with Crippen LogP contribution in [0.2, 0.25) is 0 Å². The van der Waals surface area contributed by atoms with Gasteiger partial charge in [0.25, 0.3) is 0 Å². The fraction of sp³-hybridized carbons (Fsp3) is 0.632. The maximum Gasteiger partial charge on any atom is 0.407 e. The molecule has 0 unspecified atom stereocenters. The lowest BCUT2D eigenvalue weighted by atomic mass is 10.1. The van der Waals surface area contributed by atoms with Crippen LogP contribution in [0, 0.1) is 0 Å². The summed E-state index contributed by atoms with van der Waals surface area (Å²) >= 11 is 0. The van der Waals surface area contributed by atoms with E-state index in [0.29, 0.717) is 13.2 Å². The van der Waals surface area contributed by atoms with Crippen LogP contribution in [0.25, 0.3) is 0 Å². The lowest BCUT2D eigenvalue weighted by Crippen LogP contribution is -2.32. The van der Waals surface area contributed by atoms with E-state index >= 15 is 0 Å². The molecule has 0 aromatic heterocycles. The van der Waals surface area contributed by atoms with Gasteiger partial charge in [-0.1, -0.05) is 36.8 Å². The first kappa shape index (κ1) is 17.8. The molecule has 2 rings (SSSR count). The second-order valence-electron chi connectivity index (χ2n) is 6.26. The van der Waals surface area contributed by atoms with Crippen molar-refractivity contribution in [3.8, 4) is 0 Å². The first-order chi connectivity index (χ1) is 11.3. The molecule has 1 fully saturated rings. The predicted octanol–water partition coefficient (Wildman–Crippen LogP) is 3.61. The Morgan fingerprint density at radius 2 is 1.83 bits per heavy atom. The van der Waals surface area contributed by atoms with Crippen molar-refractivity contribution in [2.75, 3.05) is 32.8 Å². The summed E-state index contributed by atoms with van der Waals surface area (Å²) in [5.41, 5.74) is 1.35. The zero-order valence-corrected chi connectivity index (χ0v) is 14.1. The van der Waals surface area contributed by atoms with Crippen molar-refractivity contribution in [1.29, 1.82) is 0 Å². The highest BCUT2D eigenvalue weighted by Crippen LogP contribution is 2.08. The summed E-state index contributed by atoms with van der Waals surface area (Å²) < 4.78 is 5.22. The normalized spacial score (nSPS) is 15.3. The molecule has 1 aromatic rings. The molecule has 1 aromatic carbocycles. The Kier molecular flexibility index (Phi) is 8.56. The van der Waals surface area contributed by atoms with Gasteiger partial charge < -0.3 is 15.0 Å². The Hall–Kier alpha value is -1.55. The molecule has 4 nitrogen and oxygen atoms in total. The van der Waals surface area contributed by atoms with Crippen LogP contribution in [0.3, 0.4) is 0 Å². The molecule has 1 heterocycles. The van der Waals surface area contributed by atoms with Gasteiger partial charge in [-0.05, 0) is 57.2 Å². The van der Waals surface area contributed by atoms with E-state index in [1.807, 2.05) is 6.07 Å². The molecule has 0 aliphatic carbocycles. The fourth-order valence-electron chi connectivity index (χ4n) is 2.98. The summed E-state index contributed by atoms with van der Waals surface area (Å²) in [7, 11) is 0. The average molecular weight is 318 g/mol. The van der Waals surface area contributed by atoms with E-state index in [-0.39, 0.29) is 6.09 Å². The summed E-state index contributed by atoms with van der Waals surface area (Å²) in [4.78, 5) is 14.0. The number of ether oxygens (including phenoxy) is 1. The number of nitrogens with zero attached hydrogens (tertiary/aromatic N) is 1. The molecule has 1 aliphatic heterocycles. The van der Waals surface area contributed by atoms with Crippen LogP contribution in [0.1, 0.15) is 44.1 Å². The van der Waals surface area contributed by atoms with Crippen molar-refractivity contribution in [3.05, 3.63) is 35.9 Å². The number of amides is 1. The van der Waals surface area contributed by atoms with Crippen LogP contribution in [-0.2, 0) is 11.2 Å². The van der Waals surface area contributed by atoms with Crippen LogP contribution in [0.4, 0.5) is 4.79 Å². The Balaban J connectivity index is 1.41. The van der Waals surface area contributed by atoms with Gasteiger partial charge in [-0.2, -0.15) is 0 Å². The molecule has 4 heteroatoms. The minimum absolute atomic E-state index is 0.275. The largest absolute Gasteiger partial charge is 0.450 e. The highest BCUT2D eigenvalue weighted by molar-refractivity contribution is 5.66. The SMILES string of the molecule is O=C(NCCCCc1ccccc1)OCCCN1CCCCC1. The summed E-state index contributed by atoms with van der Waals surface area (Å²) in [6, 6.07) is 10.4. The van der Waals surface area contributed by atoms with Gasteiger partial charge in [0.1, 0.15) is 0 Å². The lowest BCUT2D eigenvalue weighted by molar-refractivity contribution is 0.135. The number of likely N-dealkylation sites (tertiary alicyclic amines) is 1. The molecule has 23 heavy (non-hydrogen) atoms. The molecule has 1 saturated heterocycles. The van der Waals surface area contributed by atoms with E-state index < -0.39 is 0 Å². The Morgan fingerprint density at radius 1 is 1.04 bits per heavy atom. The number of aryl methyl sites for hydroxylation is 1. The monoisotopic (exact) mass is 318 g/mol. The second-order valence-corrected chi connectivity index (χ2v) is 6.26. The quantitative estimate of drug-likeness (QED) is 0.707. The number of piperidine rings is 1. The van der Waals surface area contributed by atoms with Crippen molar-refractivity contribution in [2.24, 2.45) is 0 Å². The number of carbonyl (C=O) groups is 1. The minimum Gasteiger partial charge on any atom is -0.450 e. The van der Waals surface area contributed by atoms with Crippen LogP contribution >= 0.6 is 0 Å². The van der Waals surface area contributed by atoms with Gasteiger partial charge >= 0.3 is 6.09 Å². The molecule has 0 radical (unpaired) electrons. The molecule has 0 saturated carbocycles. The Morgan fingerprint density at radius 3 is 2.61 bits per heavy atom. The number of unbranched alkanes of at least 4 members (excludes halogenated alkanes) is 1. The highest BCUT2D eigenvalue weighted by Gasteiger charge is 2.09. The van der Waals surface area contributed by atoms with E-state index in [0.717, 1.165) is 32.2 Å². The molecular weight excluding hydrogens is 288 g/mol. The van der Waals surface area contributed by atoms with E-state index in [2.05, 4.69) is 34.5 Å². The van der Waals surface area contributed by atoms with E-state index in [9.17, 15) is 4.79 Å². The third-order valence-electron chi connectivity index (χ3n) is 4.30. The zero-order valence-electron chi connectivity index (χ0n) is 14.1. The number of hydrogen-bond acceptors (Lipinski definition) is 3. The Bertz CT molecular complexity index is 430. The van der Waals surface area contributed by atoms with Gasteiger partial charge in [-0.15, -0.1) is 0 Å². The van der Waals surface area contributed by atoms with E-state index in [1.54, 1.807) is 0 Å². The number of benzene rings is 1.